The summed E-state index contributed by atoms with van der Waals surface area (Å²) in [4.78, 5) is 4.60. The normalized spacial score (nSPS) is 14.2. The van der Waals surface area contributed by atoms with Gasteiger partial charge in [-0.05, 0) is 67.0 Å². The van der Waals surface area contributed by atoms with Gasteiger partial charge in [-0.25, -0.2) is 0 Å². The Labute approximate surface area is 115 Å². The van der Waals surface area contributed by atoms with Crippen molar-refractivity contribution in [1.29, 1.82) is 0 Å². The minimum atomic E-state index is 1.06. The Morgan fingerprint density at radius 3 is 2.89 bits per heavy atom. The molecule has 0 atom stereocenters. The van der Waals surface area contributed by atoms with Crippen LogP contribution in [0.2, 0.25) is 0 Å². The summed E-state index contributed by atoms with van der Waals surface area (Å²) in [6.45, 7) is 4.28. The Hall–Kier alpha value is -1.63. The largest absolute Gasteiger partial charge is 0.256 e. The Kier molecular flexibility index (Phi) is 3.37. The van der Waals surface area contributed by atoms with Crippen LogP contribution in [-0.4, -0.2) is 4.98 Å². The number of aryl methyl sites for hydroxylation is 2. The second-order valence-corrected chi connectivity index (χ2v) is 5.27. The van der Waals surface area contributed by atoms with Gasteiger partial charge < -0.3 is 0 Å². The average molecular weight is 249 g/mol. The summed E-state index contributed by atoms with van der Waals surface area (Å²) in [5.41, 5.74) is 7.73. The van der Waals surface area contributed by atoms with Gasteiger partial charge >= 0.3 is 0 Å². The average Bonchev–Trinajstić information content (AvgIpc) is 2.47. The van der Waals surface area contributed by atoms with Crippen LogP contribution < -0.4 is 0 Å². The molecule has 1 heterocycles. The molecule has 1 aromatic carbocycles. The molecule has 0 N–H and O–H groups in total. The smallest absolute Gasteiger partial charge is 0.0705 e. The molecule has 1 aliphatic carbocycles. The number of fused-ring (bicyclic) bond motifs is 1. The molecule has 0 saturated carbocycles. The molecule has 1 aromatic heterocycles. The maximum Gasteiger partial charge on any atom is 0.0705 e. The van der Waals surface area contributed by atoms with Crippen molar-refractivity contribution in [1.82, 2.24) is 4.98 Å². The zero-order valence-electron chi connectivity index (χ0n) is 11.7. The van der Waals surface area contributed by atoms with E-state index in [2.05, 4.69) is 49.5 Å². The molecule has 0 bridgehead atoms. The molecule has 2 aromatic rings. The third-order valence-electron chi connectivity index (χ3n) is 3.82. The van der Waals surface area contributed by atoms with Crippen molar-refractivity contribution < 1.29 is 0 Å². The SMILES string of the molecule is CCc1cc2c(c(-c3ccc(C)cn3)c1)CCC[C]2. The fourth-order valence-electron chi connectivity index (χ4n) is 2.71. The molecule has 0 spiro atoms. The molecular weight excluding hydrogens is 230 g/mol. The van der Waals surface area contributed by atoms with E-state index in [1.54, 1.807) is 0 Å². The Balaban J connectivity index is 2.15. The van der Waals surface area contributed by atoms with Gasteiger partial charge in [-0.15, -0.1) is 0 Å². The third-order valence-corrected chi connectivity index (χ3v) is 3.82. The molecule has 3 rings (SSSR count). The van der Waals surface area contributed by atoms with Gasteiger partial charge in [-0.1, -0.05) is 19.1 Å². The first-order valence-corrected chi connectivity index (χ1v) is 7.10. The van der Waals surface area contributed by atoms with E-state index in [4.69, 9.17) is 0 Å². The van der Waals surface area contributed by atoms with Crippen LogP contribution in [0.1, 0.15) is 42.0 Å². The van der Waals surface area contributed by atoms with Crippen LogP contribution in [0.15, 0.2) is 30.5 Å². The quantitative estimate of drug-likeness (QED) is 0.769. The Bertz CT molecular complexity index is 581. The van der Waals surface area contributed by atoms with Gasteiger partial charge in [0.05, 0.1) is 5.69 Å². The van der Waals surface area contributed by atoms with Crippen LogP contribution in [0.5, 0.6) is 0 Å². The molecule has 0 amide bonds. The highest BCUT2D eigenvalue weighted by Crippen LogP contribution is 2.33. The lowest BCUT2D eigenvalue weighted by molar-refractivity contribution is 0.774. The highest BCUT2D eigenvalue weighted by atomic mass is 14.7. The molecule has 2 radical (unpaired) electrons. The number of nitrogens with zero attached hydrogens (tertiary/aromatic N) is 1. The van der Waals surface area contributed by atoms with E-state index in [0.29, 0.717) is 0 Å². The second kappa shape index (κ2) is 5.16. The zero-order valence-corrected chi connectivity index (χ0v) is 11.7. The van der Waals surface area contributed by atoms with Crippen LogP contribution >= 0.6 is 0 Å². The van der Waals surface area contributed by atoms with E-state index in [0.717, 1.165) is 25.0 Å². The predicted octanol–water partition coefficient (Wildman–Crippen LogP) is 4.39. The number of benzene rings is 1. The molecular formula is C18H19N. The van der Waals surface area contributed by atoms with Gasteiger partial charge in [0.1, 0.15) is 0 Å². The topological polar surface area (TPSA) is 12.9 Å². The molecule has 0 aliphatic heterocycles. The lowest BCUT2D eigenvalue weighted by Crippen LogP contribution is -2.05. The number of rotatable bonds is 2. The van der Waals surface area contributed by atoms with Crippen molar-refractivity contribution in [3.8, 4) is 11.3 Å². The maximum absolute atomic E-state index is 4.60. The van der Waals surface area contributed by atoms with Gasteiger partial charge in [0.25, 0.3) is 0 Å². The highest BCUT2D eigenvalue weighted by molar-refractivity contribution is 5.68. The van der Waals surface area contributed by atoms with Gasteiger partial charge in [0, 0.05) is 18.2 Å². The van der Waals surface area contributed by atoms with E-state index in [-0.39, 0.29) is 0 Å². The van der Waals surface area contributed by atoms with Crippen LogP contribution in [0.25, 0.3) is 11.3 Å². The number of pyridine rings is 1. The van der Waals surface area contributed by atoms with Gasteiger partial charge in [-0.2, -0.15) is 0 Å². The molecule has 1 nitrogen and oxygen atoms in total. The van der Waals surface area contributed by atoms with Crippen molar-refractivity contribution >= 4 is 0 Å². The van der Waals surface area contributed by atoms with E-state index in [9.17, 15) is 0 Å². The second-order valence-electron chi connectivity index (χ2n) is 5.27. The van der Waals surface area contributed by atoms with Crippen molar-refractivity contribution in [3.05, 3.63) is 59.1 Å². The first kappa shape index (κ1) is 12.4. The van der Waals surface area contributed by atoms with Gasteiger partial charge in [0.15, 0.2) is 0 Å². The summed E-state index contributed by atoms with van der Waals surface area (Å²) in [6.07, 6.45) is 9.99. The van der Waals surface area contributed by atoms with Crippen LogP contribution in [0, 0.1) is 13.3 Å². The van der Waals surface area contributed by atoms with Gasteiger partial charge in [0.2, 0.25) is 0 Å². The fourth-order valence-corrected chi connectivity index (χ4v) is 2.71. The molecule has 0 saturated heterocycles. The number of aromatic nitrogens is 1. The molecule has 96 valence electrons. The summed E-state index contributed by atoms with van der Waals surface area (Å²) in [5.74, 6) is 0. The molecule has 19 heavy (non-hydrogen) atoms. The van der Waals surface area contributed by atoms with Crippen molar-refractivity contribution in [2.75, 3.05) is 0 Å². The Morgan fingerprint density at radius 2 is 2.16 bits per heavy atom. The molecule has 0 fully saturated rings. The standard InChI is InChI=1S/C18H19N/c1-3-14-10-15-6-4-5-7-16(15)17(11-14)18-9-8-13(2)12-19-18/h8-12H,3-5,7H2,1-2H3. The van der Waals surface area contributed by atoms with Crippen LogP contribution in [0.3, 0.4) is 0 Å². The van der Waals surface area contributed by atoms with Crippen molar-refractivity contribution in [3.63, 3.8) is 0 Å². The minimum absolute atomic E-state index is 1.06. The summed E-state index contributed by atoms with van der Waals surface area (Å²) in [7, 11) is 0. The lowest BCUT2D eigenvalue weighted by atomic mass is 9.85. The monoisotopic (exact) mass is 249 g/mol. The Morgan fingerprint density at radius 1 is 1.26 bits per heavy atom. The summed E-state index contributed by atoms with van der Waals surface area (Å²) >= 11 is 0. The van der Waals surface area contributed by atoms with Crippen LogP contribution in [0.4, 0.5) is 0 Å². The maximum atomic E-state index is 4.60. The van der Waals surface area contributed by atoms with E-state index >= 15 is 0 Å². The van der Waals surface area contributed by atoms with Crippen molar-refractivity contribution in [2.24, 2.45) is 0 Å². The molecule has 1 heteroatoms. The number of hydrogen-bond acceptors (Lipinski definition) is 1. The first-order chi connectivity index (χ1) is 9.28. The summed E-state index contributed by atoms with van der Waals surface area (Å²) in [6, 6.07) is 8.89. The van der Waals surface area contributed by atoms with Gasteiger partial charge in [-0.3, -0.25) is 4.98 Å². The molecule has 1 aliphatic rings. The van der Waals surface area contributed by atoms with E-state index in [1.807, 2.05) is 6.20 Å². The summed E-state index contributed by atoms with van der Waals surface area (Å²) in [5, 5.41) is 0. The lowest BCUT2D eigenvalue weighted by Gasteiger charge is -2.20. The zero-order chi connectivity index (χ0) is 13.2. The first-order valence-electron chi connectivity index (χ1n) is 7.10. The molecule has 0 unspecified atom stereocenters. The van der Waals surface area contributed by atoms with E-state index in [1.165, 1.54) is 34.2 Å². The summed E-state index contributed by atoms with van der Waals surface area (Å²) < 4.78 is 0. The van der Waals surface area contributed by atoms with Crippen molar-refractivity contribution in [2.45, 2.75) is 39.5 Å². The highest BCUT2D eigenvalue weighted by Gasteiger charge is 2.16. The van der Waals surface area contributed by atoms with E-state index < -0.39 is 0 Å². The predicted molar refractivity (Wildman–Crippen MR) is 79.1 cm³/mol. The minimum Gasteiger partial charge on any atom is -0.256 e. The fraction of sp³-hybridized carbons (Fsp3) is 0.333. The number of hydrogen-bond donors (Lipinski definition) is 0. The van der Waals surface area contributed by atoms with Crippen LogP contribution in [-0.2, 0) is 12.8 Å². The third kappa shape index (κ3) is 2.42.